The number of thiazole rings is 1. The molecule has 0 aliphatic carbocycles. The van der Waals surface area contributed by atoms with E-state index in [0.717, 1.165) is 55.3 Å². The number of hydrogen-bond donors (Lipinski definition) is 0. The molecule has 1 fully saturated rings. The molecule has 2 heterocycles. The molecule has 1 aromatic carbocycles. The molecule has 1 aliphatic heterocycles. The summed E-state index contributed by atoms with van der Waals surface area (Å²) in [4.78, 5) is 21.4. The molecule has 0 spiro atoms. The van der Waals surface area contributed by atoms with Crippen molar-refractivity contribution in [2.75, 3.05) is 26.2 Å². The third-order valence-electron chi connectivity index (χ3n) is 4.14. The second kappa shape index (κ2) is 7.43. The third kappa shape index (κ3) is 4.10. The zero-order valence-electron chi connectivity index (χ0n) is 13.2. The van der Waals surface area contributed by atoms with Gasteiger partial charge in [0.1, 0.15) is 5.01 Å². The quantitative estimate of drug-likeness (QED) is 0.851. The van der Waals surface area contributed by atoms with Gasteiger partial charge in [0.15, 0.2) is 0 Å². The molecule has 0 N–H and O–H groups in total. The Balaban J connectivity index is 1.64. The van der Waals surface area contributed by atoms with Crippen LogP contribution in [0.3, 0.4) is 0 Å². The van der Waals surface area contributed by atoms with E-state index in [-0.39, 0.29) is 5.91 Å². The number of hydrogen-bond acceptors (Lipinski definition) is 4. The Morgan fingerprint density at radius 2 is 2.17 bits per heavy atom. The summed E-state index contributed by atoms with van der Waals surface area (Å²) in [6.45, 7) is 6.26. The molecule has 1 aliphatic rings. The van der Waals surface area contributed by atoms with Crippen molar-refractivity contribution < 1.29 is 4.79 Å². The normalized spacial score (nSPS) is 16.3. The van der Waals surface area contributed by atoms with Crippen molar-refractivity contribution in [1.82, 2.24) is 14.8 Å². The van der Waals surface area contributed by atoms with Crippen molar-refractivity contribution >= 4 is 28.8 Å². The minimum absolute atomic E-state index is 0.107. The number of carbonyl (C=O) groups excluding carboxylic acids is 1. The molecule has 4 nitrogen and oxygen atoms in total. The summed E-state index contributed by atoms with van der Waals surface area (Å²) in [5.74, 6) is 0.107. The molecule has 0 atom stereocenters. The summed E-state index contributed by atoms with van der Waals surface area (Å²) in [7, 11) is 0. The van der Waals surface area contributed by atoms with E-state index in [2.05, 4.69) is 9.88 Å². The first-order chi connectivity index (χ1) is 11.1. The monoisotopic (exact) mass is 349 g/mol. The fraction of sp³-hybridized carbons (Fsp3) is 0.412. The van der Waals surface area contributed by atoms with Gasteiger partial charge >= 0.3 is 0 Å². The molecule has 122 valence electrons. The molecule has 0 saturated carbocycles. The number of aromatic nitrogens is 1. The van der Waals surface area contributed by atoms with E-state index in [1.54, 1.807) is 17.4 Å². The molecule has 1 saturated heterocycles. The number of benzene rings is 1. The zero-order valence-corrected chi connectivity index (χ0v) is 14.7. The average molecular weight is 350 g/mol. The summed E-state index contributed by atoms with van der Waals surface area (Å²) in [6, 6.07) is 5.47. The number of aryl methyl sites for hydroxylation is 1. The van der Waals surface area contributed by atoms with Gasteiger partial charge < -0.3 is 4.90 Å². The van der Waals surface area contributed by atoms with E-state index in [1.165, 1.54) is 0 Å². The maximum atomic E-state index is 12.8. The van der Waals surface area contributed by atoms with Crippen molar-refractivity contribution in [1.29, 1.82) is 0 Å². The average Bonchev–Trinajstić information content (AvgIpc) is 2.91. The van der Waals surface area contributed by atoms with Crippen LogP contribution in [-0.2, 0) is 6.54 Å². The SMILES string of the molecule is Cc1cc(Cl)ccc1C(=O)N1CCCN(Cc2nccs2)CC1. The lowest BCUT2D eigenvalue weighted by atomic mass is 10.1. The number of rotatable bonds is 3. The highest BCUT2D eigenvalue weighted by molar-refractivity contribution is 7.09. The molecule has 0 radical (unpaired) electrons. The minimum atomic E-state index is 0.107. The standard InChI is InChI=1S/C17H20ClN3OS/c1-13-11-14(18)3-4-15(13)17(22)21-7-2-6-20(8-9-21)12-16-19-5-10-23-16/h3-5,10-11H,2,6-9,12H2,1H3. The van der Waals surface area contributed by atoms with Gasteiger partial charge in [-0.1, -0.05) is 11.6 Å². The van der Waals surface area contributed by atoms with Gasteiger partial charge in [0.2, 0.25) is 0 Å². The van der Waals surface area contributed by atoms with Crippen LogP contribution in [0.1, 0.15) is 27.3 Å². The molecule has 23 heavy (non-hydrogen) atoms. The molecule has 1 amide bonds. The zero-order chi connectivity index (χ0) is 16.2. The van der Waals surface area contributed by atoms with E-state index < -0.39 is 0 Å². The van der Waals surface area contributed by atoms with Gasteiger partial charge in [-0.2, -0.15) is 0 Å². The maximum Gasteiger partial charge on any atom is 0.254 e. The predicted molar refractivity (Wildman–Crippen MR) is 94.1 cm³/mol. The molecular formula is C17H20ClN3OS. The van der Waals surface area contributed by atoms with Gasteiger partial charge in [-0.05, 0) is 37.1 Å². The van der Waals surface area contributed by atoms with Gasteiger partial charge in [-0.3, -0.25) is 9.69 Å². The van der Waals surface area contributed by atoms with E-state index in [4.69, 9.17) is 11.6 Å². The summed E-state index contributed by atoms with van der Waals surface area (Å²) in [6.07, 6.45) is 2.83. The number of amides is 1. The van der Waals surface area contributed by atoms with Crippen LogP contribution in [-0.4, -0.2) is 46.9 Å². The van der Waals surface area contributed by atoms with Gasteiger partial charge in [0, 0.05) is 48.3 Å². The molecule has 0 bridgehead atoms. The van der Waals surface area contributed by atoms with Crippen LogP contribution in [0.2, 0.25) is 5.02 Å². The van der Waals surface area contributed by atoms with Crippen LogP contribution in [0.15, 0.2) is 29.8 Å². The molecule has 6 heteroatoms. The van der Waals surface area contributed by atoms with Gasteiger partial charge in [-0.25, -0.2) is 4.98 Å². The Kier molecular flexibility index (Phi) is 5.30. The second-order valence-corrected chi connectivity index (χ2v) is 7.22. The lowest BCUT2D eigenvalue weighted by Gasteiger charge is -2.22. The molecular weight excluding hydrogens is 330 g/mol. The molecule has 3 rings (SSSR count). The first-order valence-corrected chi connectivity index (χ1v) is 9.05. The van der Waals surface area contributed by atoms with E-state index in [0.29, 0.717) is 5.02 Å². The highest BCUT2D eigenvalue weighted by atomic mass is 35.5. The lowest BCUT2D eigenvalue weighted by molar-refractivity contribution is 0.0760. The van der Waals surface area contributed by atoms with Crippen molar-refractivity contribution in [3.63, 3.8) is 0 Å². The van der Waals surface area contributed by atoms with E-state index in [9.17, 15) is 4.79 Å². The Bertz CT molecular complexity index is 674. The van der Waals surface area contributed by atoms with Crippen LogP contribution in [0.25, 0.3) is 0 Å². The van der Waals surface area contributed by atoms with E-state index in [1.807, 2.05) is 35.5 Å². The van der Waals surface area contributed by atoms with E-state index >= 15 is 0 Å². The maximum absolute atomic E-state index is 12.8. The fourth-order valence-electron chi connectivity index (χ4n) is 2.89. The molecule has 2 aromatic rings. The van der Waals surface area contributed by atoms with Crippen LogP contribution in [0, 0.1) is 6.92 Å². The Morgan fingerprint density at radius 1 is 1.30 bits per heavy atom. The number of carbonyl (C=O) groups is 1. The highest BCUT2D eigenvalue weighted by Crippen LogP contribution is 2.18. The topological polar surface area (TPSA) is 36.4 Å². The third-order valence-corrected chi connectivity index (χ3v) is 5.14. The highest BCUT2D eigenvalue weighted by Gasteiger charge is 2.21. The first-order valence-electron chi connectivity index (χ1n) is 7.79. The van der Waals surface area contributed by atoms with Gasteiger partial charge in [0.05, 0.1) is 6.54 Å². The minimum Gasteiger partial charge on any atom is -0.337 e. The number of nitrogens with zero attached hydrogens (tertiary/aromatic N) is 3. The predicted octanol–water partition coefficient (Wildman–Crippen LogP) is 3.45. The summed E-state index contributed by atoms with van der Waals surface area (Å²) in [5, 5.41) is 3.81. The van der Waals surface area contributed by atoms with Crippen molar-refractivity contribution in [3.8, 4) is 0 Å². The van der Waals surface area contributed by atoms with Crippen LogP contribution in [0.5, 0.6) is 0 Å². The van der Waals surface area contributed by atoms with Crippen LogP contribution in [0.4, 0.5) is 0 Å². The Hall–Kier alpha value is -1.43. The van der Waals surface area contributed by atoms with Crippen molar-refractivity contribution in [2.45, 2.75) is 19.9 Å². The van der Waals surface area contributed by atoms with Gasteiger partial charge in [-0.15, -0.1) is 11.3 Å². The Labute approximate surface area is 145 Å². The van der Waals surface area contributed by atoms with Crippen molar-refractivity contribution in [3.05, 3.63) is 50.9 Å². The summed E-state index contributed by atoms with van der Waals surface area (Å²) >= 11 is 7.67. The smallest absolute Gasteiger partial charge is 0.254 e. The van der Waals surface area contributed by atoms with Gasteiger partial charge in [0.25, 0.3) is 5.91 Å². The second-order valence-electron chi connectivity index (χ2n) is 5.81. The van der Waals surface area contributed by atoms with Crippen LogP contribution < -0.4 is 0 Å². The summed E-state index contributed by atoms with van der Waals surface area (Å²) in [5.41, 5.74) is 1.69. The first kappa shape index (κ1) is 16.4. The number of halogens is 1. The Morgan fingerprint density at radius 3 is 2.91 bits per heavy atom. The summed E-state index contributed by atoms with van der Waals surface area (Å²) < 4.78 is 0. The van der Waals surface area contributed by atoms with Crippen LogP contribution >= 0.6 is 22.9 Å². The molecule has 0 unspecified atom stereocenters. The molecule has 1 aromatic heterocycles. The lowest BCUT2D eigenvalue weighted by Crippen LogP contribution is -2.35. The fourth-order valence-corrected chi connectivity index (χ4v) is 3.78. The largest absolute Gasteiger partial charge is 0.337 e. The van der Waals surface area contributed by atoms with Crippen molar-refractivity contribution in [2.24, 2.45) is 0 Å².